The fraction of sp³-hybridized carbons (Fsp3) is 0.139. The van der Waals surface area contributed by atoms with Crippen molar-refractivity contribution in [1.82, 2.24) is 9.55 Å². The highest BCUT2D eigenvalue weighted by Crippen LogP contribution is 2.44. The number of nitrogens with zero attached hydrogens (tertiary/aromatic N) is 3. The maximum atomic E-state index is 7.42. The highest BCUT2D eigenvalue weighted by Gasteiger charge is 2.24. The Morgan fingerprint density at radius 2 is 1.40 bits per heavy atom. The van der Waals surface area contributed by atoms with Crippen LogP contribution < -0.4 is 4.90 Å². The number of anilines is 3. The highest BCUT2D eigenvalue weighted by molar-refractivity contribution is 6.35. The summed E-state index contributed by atoms with van der Waals surface area (Å²) in [4.78, 5) is 7.01. The van der Waals surface area contributed by atoms with Gasteiger partial charge in [0.2, 0.25) is 0 Å². The van der Waals surface area contributed by atoms with Crippen LogP contribution in [-0.2, 0) is 5.41 Å². The summed E-state index contributed by atoms with van der Waals surface area (Å²) >= 11 is 7.42. The molecule has 0 saturated carbocycles. The lowest BCUT2D eigenvalue weighted by atomic mass is 9.86. The Kier molecular flexibility index (Phi) is 6.69. The van der Waals surface area contributed by atoms with Crippen molar-refractivity contribution in [2.24, 2.45) is 0 Å². The Morgan fingerprint density at radius 1 is 0.700 bits per heavy atom. The molecule has 0 spiro atoms. The standard InChI is InChI=1S/C36H32ClN3/c1-25-12-11-17-30(20-25)40(29-15-9-6-10-16-29)34-23-28(36(2,3)4)22-33(35(34)37)39-24-38-31-19-18-27(21-32(31)39)26-13-7-5-8-14-26/h5-24H,1-4H3. The van der Waals surface area contributed by atoms with Gasteiger partial charge in [0, 0.05) is 11.4 Å². The van der Waals surface area contributed by atoms with Crippen molar-refractivity contribution in [2.75, 3.05) is 4.90 Å². The third-order valence-corrected chi connectivity index (χ3v) is 7.72. The Morgan fingerprint density at radius 3 is 2.10 bits per heavy atom. The van der Waals surface area contributed by atoms with Crippen LogP contribution in [0.1, 0.15) is 31.9 Å². The molecule has 0 aliphatic carbocycles. The lowest BCUT2D eigenvalue weighted by molar-refractivity contribution is 0.590. The van der Waals surface area contributed by atoms with E-state index < -0.39 is 0 Å². The Hall–Kier alpha value is -4.34. The quantitative estimate of drug-likeness (QED) is 0.216. The van der Waals surface area contributed by atoms with Gasteiger partial charge in [-0.2, -0.15) is 0 Å². The van der Waals surface area contributed by atoms with Crippen LogP contribution in [0.4, 0.5) is 17.1 Å². The van der Waals surface area contributed by atoms with E-state index in [1.54, 1.807) is 0 Å². The predicted molar refractivity (Wildman–Crippen MR) is 170 cm³/mol. The summed E-state index contributed by atoms with van der Waals surface area (Å²) in [5, 5.41) is 0.669. The van der Waals surface area contributed by atoms with Gasteiger partial charge >= 0.3 is 0 Å². The largest absolute Gasteiger partial charge is 0.309 e. The molecule has 0 atom stereocenters. The molecule has 0 unspecified atom stereocenters. The number of rotatable bonds is 5. The highest BCUT2D eigenvalue weighted by atomic mass is 35.5. The van der Waals surface area contributed by atoms with Crippen molar-refractivity contribution in [3.8, 4) is 16.8 Å². The van der Waals surface area contributed by atoms with E-state index in [9.17, 15) is 0 Å². The topological polar surface area (TPSA) is 21.1 Å². The number of aromatic nitrogens is 2. The Balaban J connectivity index is 1.61. The number of hydrogen-bond donors (Lipinski definition) is 0. The molecule has 0 radical (unpaired) electrons. The zero-order valence-corrected chi connectivity index (χ0v) is 24.0. The summed E-state index contributed by atoms with van der Waals surface area (Å²) in [5.74, 6) is 0. The Bertz CT molecular complexity index is 1800. The second-order valence-corrected chi connectivity index (χ2v) is 11.7. The van der Waals surface area contributed by atoms with Crippen LogP contribution in [0.2, 0.25) is 5.02 Å². The average Bonchev–Trinajstić information content (AvgIpc) is 3.38. The third kappa shape index (κ3) is 4.89. The summed E-state index contributed by atoms with van der Waals surface area (Å²) < 4.78 is 2.13. The SMILES string of the molecule is Cc1cccc(N(c2ccccc2)c2cc(C(C)(C)C)cc(-n3cnc4ccc(-c5ccccc5)cc43)c2Cl)c1. The summed E-state index contributed by atoms with van der Waals surface area (Å²) in [7, 11) is 0. The minimum absolute atomic E-state index is 0.103. The summed E-state index contributed by atoms with van der Waals surface area (Å²) in [6, 6.07) is 40.3. The molecule has 4 heteroatoms. The molecule has 198 valence electrons. The van der Waals surface area contributed by atoms with Gasteiger partial charge in [0.25, 0.3) is 0 Å². The summed E-state index contributed by atoms with van der Waals surface area (Å²) in [5.41, 5.74) is 10.5. The van der Waals surface area contributed by atoms with Gasteiger partial charge in [0.1, 0.15) is 6.33 Å². The fourth-order valence-corrected chi connectivity index (χ4v) is 5.43. The Labute approximate surface area is 241 Å². The third-order valence-electron chi connectivity index (χ3n) is 7.33. The van der Waals surface area contributed by atoms with E-state index in [1.165, 1.54) is 16.7 Å². The van der Waals surface area contributed by atoms with Gasteiger partial charge in [-0.25, -0.2) is 4.98 Å². The van der Waals surface area contributed by atoms with Crippen molar-refractivity contribution in [2.45, 2.75) is 33.1 Å². The van der Waals surface area contributed by atoms with Gasteiger partial charge in [-0.1, -0.05) is 99.1 Å². The van der Waals surface area contributed by atoms with Crippen molar-refractivity contribution >= 4 is 39.7 Å². The first kappa shape index (κ1) is 25.9. The van der Waals surface area contributed by atoms with Crippen LogP contribution in [0.5, 0.6) is 0 Å². The molecule has 1 heterocycles. The number of imidazole rings is 1. The van der Waals surface area contributed by atoms with Gasteiger partial charge in [0.15, 0.2) is 0 Å². The average molecular weight is 542 g/mol. The molecule has 0 aliphatic heterocycles. The molecule has 0 amide bonds. The van der Waals surface area contributed by atoms with Crippen LogP contribution in [0.25, 0.3) is 27.8 Å². The van der Waals surface area contributed by atoms with Gasteiger partial charge in [0.05, 0.1) is 27.4 Å². The molecule has 0 saturated heterocycles. The molecule has 6 aromatic rings. The van der Waals surface area contributed by atoms with E-state index in [4.69, 9.17) is 16.6 Å². The van der Waals surface area contributed by atoms with E-state index in [0.717, 1.165) is 39.3 Å². The molecular formula is C36H32ClN3. The summed E-state index contributed by atoms with van der Waals surface area (Å²) in [6.45, 7) is 8.84. The van der Waals surface area contributed by atoms with Gasteiger partial charge in [-0.05, 0) is 83.1 Å². The van der Waals surface area contributed by atoms with Gasteiger partial charge < -0.3 is 4.90 Å². The maximum absolute atomic E-state index is 7.42. The summed E-state index contributed by atoms with van der Waals surface area (Å²) in [6.07, 6.45) is 1.89. The van der Waals surface area contributed by atoms with Crippen LogP contribution in [0, 0.1) is 6.92 Å². The molecule has 6 rings (SSSR count). The number of benzene rings is 5. The monoisotopic (exact) mass is 541 g/mol. The smallest absolute Gasteiger partial charge is 0.100 e. The maximum Gasteiger partial charge on any atom is 0.100 e. The van der Waals surface area contributed by atoms with E-state index >= 15 is 0 Å². The number of hydrogen-bond acceptors (Lipinski definition) is 2. The predicted octanol–water partition coefficient (Wildman–Crippen LogP) is 10.4. The lowest BCUT2D eigenvalue weighted by Gasteiger charge is -2.30. The number of halogens is 1. The van der Waals surface area contributed by atoms with Crippen LogP contribution in [-0.4, -0.2) is 9.55 Å². The van der Waals surface area contributed by atoms with Crippen molar-refractivity contribution in [3.05, 3.63) is 138 Å². The van der Waals surface area contributed by atoms with Crippen LogP contribution in [0.15, 0.2) is 122 Å². The number of aryl methyl sites for hydroxylation is 1. The molecule has 0 fully saturated rings. The number of fused-ring (bicyclic) bond motifs is 1. The van der Waals surface area contributed by atoms with Gasteiger partial charge in [-0.15, -0.1) is 0 Å². The minimum atomic E-state index is -0.103. The fourth-order valence-electron chi connectivity index (χ4n) is 5.15. The van der Waals surface area contributed by atoms with Crippen molar-refractivity contribution in [1.29, 1.82) is 0 Å². The first-order valence-corrected chi connectivity index (χ1v) is 14.0. The first-order chi connectivity index (χ1) is 19.3. The van der Waals surface area contributed by atoms with E-state index in [-0.39, 0.29) is 5.41 Å². The molecule has 0 N–H and O–H groups in total. The van der Waals surface area contributed by atoms with Crippen molar-refractivity contribution in [3.63, 3.8) is 0 Å². The van der Waals surface area contributed by atoms with E-state index in [2.05, 4.69) is 140 Å². The normalized spacial score (nSPS) is 11.6. The molecular weight excluding hydrogens is 510 g/mol. The number of para-hydroxylation sites is 1. The molecule has 0 bridgehead atoms. The molecule has 1 aromatic heterocycles. The molecule has 0 aliphatic rings. The zero-order chi connectivity index (χ0) is 27.9. The minimum Gasteiger partial charge on any atom is -0.309 e. The zero-order valence-electron chi connectivity index (χ0n) is 23.3. The lowest BCUT2D eigenvalue weighted by Crippen LogP contribution is -2.16. The van der Waals surface area contributed by atoms with Crippen LogP contribution in [0.3, 0.4) is 0 Å². The molecule has 3 nitrogen and oxygen atoms in total. The second kappa shape index (κ2) is 10.3. The van der Waals surface area contributed by atoms with Crippen molar-refractivity contribution < 1.29 is 0 Å². The van der Waals surface area contributed by atoms with E-state index in [1.807, 2.05) is 18.5 Å². The molecule has 5 aromatic carbocycles. The molecule has 40 heavy (non-hydrogen) atoms. The van der Waals surface area contributed by atoms with Gasteiger partial charge in [-0.3, -0.25) is 4.57 Å². The first-order valence-electron chi connectivity index (χ1n) is 13.6. The van der Waals surface area contributed by atoms with Crippen LogP contribution >= 0.6 is 11.6 Å². The van der Waals surface area contributed by atoms with E-state index in [0.29, 0.717) is 5.02 Å². The second-order valence-electron chi connectivity index (χ2n) is 11.3.